The number of nitrogens with two attached hydrogens (primary N) is 1. The van der Waals surface area contributed by atoms with Crippen LogP contribution in [-0.2, 0) is 28.7 Å². The van der Waals surface area contributed by atoms with Gasteiger partial charge in [-0.2, -0.15) is 13.2 Å². The number of nitrogens with zero attached hydrogens (tertiary/aromatic N) is 1. The maximum atomic E-state index is 12.4. The summed E-state index contributed by atoms with van der Waals surface area (Å²) in [6.07, 6.45) is -6.18. The number of rotatable bonds is 4. The van der Waals surface area contributed by atoms with Gasteiger partial charge < -0.3 is 30.7 Å². The van der Waals surface area contributed by atoms with Crippen LogP contribution in [0.2, 0.25) is 0 Å². The summed E-state index contributed by atoms with van der Waals surface area (Å²) < 4.78 is 45.7. The van der Waals surface area contributed by atoms with E-state index in [0.29, 0.717) is 0 Å². The number of nitrogens with one attached hydrogen (secondary N) is 3. The maximum Gasteiger partial charge on any atom is 0.491 e. The Bertz CT molecular complexity index is 721. The highest BCUT2D eigenvalue weighted by Crippen LogP contribution is 2.23. The van der Waals surface area contributed by atoms with Crippen molar-refractivity contribution in [3.63, 3.8) is 0 Å². The fourth-order valence-corrected chi connectivity index (χ4v) is 2.18. The number of hydrogen-bond acceptors (Lipinski definition) is 7. The van der Waals surface area contributed by atoms with Gasteiger partial charge in [-0.25, -0.2) is 9.59 Å². The number of ether oxygens (including phenoxy) is 2. The van der Waals surface area contributed by atoms with E-state index >= 15 is 0 Å². The van der Waals surface area contributed by atoms with Crippen LogP contribution in [0.15, 0.2) is 11.8 Å². The van der Waals surface area contributed by atoms with Gasteiger partial charge >= 0.3 is 18.1 Å². The summed E-state index contributed by atoms with van der Waals surface area (Å²) in [5, 5.41) is 12.0. The number of carbonyl (C=O) groups is 4. The molecule has 1 aliphatic rings. The largest absolute Gasteiger partial charge is 0.491 e. The Morgan fingerprint density at radius 1 is 1.25 bits per heavy atom. The molecule has 0 saturated carbocycles. The predicted molar refractivity (Wildman–Crippen MR) is 85.2 cm³/mol. The van der Waals surface area contributed by atoms with Crippen molar-refractivity contribution in [3.05, 3.63) is 11.8 Å². The quantitative estimate of drug-likeness (QED) is 0.186. The van der Waals surface area contributed by atoms with Crippen molar-refractivity contribution in [1.82, 2.24) is 15.5 Å². The lowest BCUT2D eigenvalue weighted by Gasteiger charge is -2.37. The zero-order valence-electron chi connectivity index (χ0n) is 14.9. The van der Waals surface area contributed by atoms with Crippen molar-refractivity contribution < 1.29 is 41.8 Å². The molecule has 1 rings (SSSR count). The Kier molecular flexibility index (Phi) is 6.96. The van der Waals surface area contributed by atoms with E-state index in [0.717, 1.165) is 17.9 Å². The van der Waals surface area contributed by atoms with Crippen LogP contribution in [-0.4, -0.2) is 73.1 Å². The second-order valence-electron chi connectivity index (χ2n) is 5.79. The molecule has 3 atom stereocenters. The van der Waals surface area contributed by atoms with Crippen LogP contribution in [0.3, 0.4) is 0 Å². The van der Waals surface area contributed by atoms with Crippen LogP contribution in [0.4, 0.5) is 13.2 Å². The average Bonchev–Trinajstić information content (AvgIpc) is 2.53. The molecule has 0 aliphatic carbocycles. The van der Waals surface area contributed by atoms with E-state index in [4.69, 9.17) is 15.9 Å². The number of likely N-dealkylation sites (N-methyl/N-ethyl adjacent to an activating group) is 1. The molecular weight excluding hydrogens is 391 g/mol. The van der Waals surface area contributed by atoms with E-state index in [9.17, 15) is 32.3 Å². The summed E-state index contributed by atoms with van der Waals surface area (Å²) in [6, 6.07) is -2.40. The third kappa shape index (κ3) is 5.85. The molecule has 156 valence electrons. The van der Waals surface area contributed by atoms with E-state index in [-0.39, 0.29) is 0 Å². The topological polar surface area (TPSA) is 164 Å². The van der Waals surface area contributed by atoms with Crippen LogP contribution in [0.1, 0.15) is 6.92 Å². The Balaban J connectivity index is 3.29. The summed E-state index contributed by atoms with van der Waals surface area (Å²) in [7, 11) is 2.65. The Morgan fingerprint density at radius 2 is 1.82 bits per heavy atom. The lowest BCUT2D eigenvalue weighted by atomic mass is 9.97. The molecule has 1 aliphatic heterocycles. The third-order valence-corrected chi connectivity index (χ3v) is 3.29. The van der Waals surface area contributed by atoms with Gasteiger partial charge in [-0.1, -0.05) is 0 Å². The van der Waals surface area contributed by atoms with Gasteiger partial charge in [0.15, 0.2) is 12.1 Å². The molecule has 11 nitrogen and oxygen atoms in total. The molecule has 1 heterocycles. The zero-order valence-corrected chi connectivity index (χ0v) is 14.9. The molecule has 14 heteroatoms. The van der Waals surface area contributed by atoms with E-state index in [2.05, 4.69) is 15.4 Å². The minimum atomic E-state index is -5.43. The van der Waals surface area contributed by atoms with Gasteiger partial charge in [-0.15, -0.1) is 0 Å². The number of esters is 2. The minimum absolute atomic E-state index is 0.604. The fourth-order valence-electron chi connectivity index (χ4n) is 2.18. The van der Waals surface area contributed by atoms with Crippen molar-refractivity contribution in [1.29, 1.82) is 5.41 Å². The molecule has 0 aromatic rings. The molecule has 5 N–H and O–H groups in total. The first-order valence-corrected chi connectivity index (χ1v) is 7.54. The molecule has 0 radical (unpaired) electrons. The van der Waals surface area contributed by atoms with E-state index in [1.165, 1.54) is 14.1 Å². The second kappa shape index (κ2) is 8.58. The predicted octanol–water partition coefficient (Wildman–Crippen LogP) is -1.65. The first kappa shape index (κ1) is 22.7. The standard InChI is InChI=1S/C14H18F3N5O6/c1-5(23)20-8-6(21-13(18)19)4-7(27-9(8)10(24)22(2)3)11(25)28-12(26)14(15,16)17/h4,6,8-9H,1-3H3,(H,20,23)(H4,18,19,21)/t6-,8+,9+/m0/s1. The lowest BCUT2D eigenvalue weighted by Crippen LogP contribution is -2.63. The molecule has 28 heavy (non-hydrogen) atoms. The molecule has 0 bridgehead atoms. The number of alkyl halides is 3. The van der Waals surface area contributed by atoms with Gasteiger partial charge in [0.1, 0.15) is 0 Å². The molecule has 0 saturated heterocycles. The van der Waals surface area contributed by atoms with Gasteiger partial charge in [0.25, 0.3) is 5.91 Å². The van der Waals surface area contributed by atoms with Gasteiger partial charge in [0.2, 0.25) is 11.7 Å². The first-order chi connectivity index (χ1) is 12.7. The molecule has 0 aromatic carbocycles. The van der Waals surface area contributed by atoms with Crippen molar-refractivity contribution in [2.75, 3.05) is 14.1 Å². The summed E-state index contributed by atoms with van der Waals surface area (Å²) in [5.41, 5.74) is 5.23. The monoisotopic (exact) mass is 409 g/mol. The smallest absolute Gasteiger partial charge is 0.471 e. The molecule has 0 unspecified atom stereocenters. The van der Waals surface area contributed by atoms with Gasteiger partial charge in [0, 0.05) is 21.0 Å². The third-order valence-electron chi connectivity index (χ3n) is 3.29. The second-order valence-corrected chi connectivity index (χ2v) is 5.79. The molecule has 2 amide bonds. The average molecular weight is 409 g/mol. The van der Waals surface area contributed by atoms with E-state index < -0.39 is 59.8 Å². The molecular formula is C14H18F3N5O6. The number of hydrogen-bond donors (Lipinski definition) is 4. The number of halogens is 3. The van der Waals surface area contributed by atoms with Crippen molar-refractivity contribution in [3.8, 4) is 0 Å². The Hall–Kier alpha value is -3.32. The Morgan fingerprint density at radius 3 is 2.25 bits per heavy atom. The number of guanidine groups is 1. The lowest BCUT2D eigenvalue weighted by molar-refractivity contribution is -0.202. The molecule has 0 aromatic heterocycles. The van der Waals surface area contributed by atoms with E-state index in [1.807, 2.05) is 0 Å². The van der Waals surface area contributed by atoms with E-state index in [1.54, 1.807) is 0 Å². The molecule has 0 spiro atoms. The highest BCUT2D eigenvalue weighted by atomic mass is 19.4. The summed E-state index contributed by atoms with van der Waals surface area (Å²) in [6.45, 7) is 1.12. The number of carbonyl (C=O) groups excluding carboxylic acids is 4. The van der Waals surface area contributed by atoms with Gasteiger partial charge in [-0.05, 0) is 6.08 Å². The van der Waals surface area contributed by atoms with Crippen LogP contribution in [0, 0.1) is 5.41 Å². The van der Waals surface area contributed by atoms with Crippen LogP contribution >= 0.6 is 0 Å². The van der Waals surface area contributed by atoms with Crippen LogP contribution < -0.4 is 16.4 Å². The van der Waals surface area contributed by atoms with Crippen LogP contribution in [0.5, 0.6) is 0 Å². The zero-order chi connectivity index (χ0) is 21.8. The minimum Gasteiger partial charge on any atom is -0.471 e. The summed E-state index contributed by atoms with van der Waals surface area (Å²) in [4.78, 5) is 47.6. The number of amides is 2. The van der Waals surface area contributed by atoms with Crippen molar-refractivity contribution in [2.24, 2.45) is 5.73 Å². The molecule has 0 fully saturated rings. The summed E-state index contributed by atoms with van der Waals surface area (Å²) >= 11 is 0. The van der Waals surface area contributed by atoms with Gasteiger partial charge in [0.05, 0.1) is 12.1 Å². The van der Waals surface area contributed by atoms with Crippen molar-refractivity contribution >= 4 is 29.7 Å². The normalized spacial score (nSPS) is 21.5. The van der Waals surface area contributed by atoms with Crippen molar-refractivity contribution in [2.45, 2.75) is 31.3 Å². The fraction of sp³-hybridized carbons (Fsp3) is 0.500. The summed E-state index contributed by atoms with van der Waals surface area (Å²) in [5.74, 6) is -7.50. The SMILES string of the molecule is CC(=O)N[C@@H]1[C@@H](NC(=N)N)C=C(C(=O)OC(=O)C(F)(F)F)O[C@H]1C(=O)N(C)C. The highest BCUT2D eigenvalue weighted by molar-refractivity contribution is 5.97. The maximum absolute atomic E-state index is 12.4. The van der Waals surface area contributed by atoms with Crippen LogP contribution in [0.25, 0.3) is 0 Å². The van der Waals surface area contributed by atoms with Gasteiger partial charge in [-0.3, -0.25) is 15.0 Å². The Labute approximate surface area is 156 Å². The first-order valence-electron chi connectivity index (χ1n) is 7.54. The highest BCUT2D eigenvalue weighted by Gasteiger charge is 2.46.